The molecule has 0 atom stereocenters. The van der Waals surface area contributed by atoms with E-state index in [1.54, 1.807) is 6.07 Å². The lowest BCUT2D eigenvalue weighted by atomic mass is 10.1. The zero-order chi connectivity index (χ0) is 23.0. The molecule has 2 aromatic carbocycles. The van der Waals surface area contributed by atoms with Gasteiger partial charge in [-0.3, -0.25) is 4.99 Å². The predicted molar refractivity (Wildman–Crippen MR) is 109 cm³/mol. The smallest absolute Gasteiger partial charge is 0.416 e. The topological polar surface area (TPSA) is 64.1 Å². The summed E-state index contributed by atoms with van der Waals surface area (Å²) >= 11 is 0. The van der Waals surface area contributed by atoms with Crippen LogP contribution in [0, 0.1) is 5.82 Å². The minimum Gasteiger partial charge on any atom is -0.493 e. The number of benzene rings is 2. The van der Waals surface area contributed by atoms with Crippen molar-refractivity contribution in [1.29, 1.82) is 0 Å². The lowest BCUT2D eigenvalue weighted by Crippen LogP contribution is -2.38. The molecule has 2 rings (SSSR count). The number of guanidine groups is 1. The Kier molecular flexibility index (Phi) is 8.35. The number of nitrogens with one attached hydrogen (secondary N) is 2. The SMILES string of the molecule is CN=C(NCCc1ccc(OC)c(OC)c1OC)NCc1ccc(F)cc1C(F)(F)F. The van der Waals surface area contributed by atoms with E-state index >= 15 is 0 Å². The van der Waals surface area contributed by atoms with Crippen molar-refractivity contribution in [3.63, 3.8) is 0 Å². The number of hydrogen-bond donors (Lipinski definition) is 2. The van der Waals surface area contributed by atoms with Crippen molar-refractivity contribution in [2.45, 2.75) is 19.1 Å². The monoisotopic (exact) mass is 443 g/mol. The molecular formula is C21H25F4N3O3. The van der Waals surface area contributed by atoms with E-state index < -0.39 is 17.6 Å². The fourth-order valence-corrected chi connectivity index (χ4v) is 3.04. The van der Waals surface area contributed by atoms with Gasteiger partial charge in [-0.2, -0.15) is 13.2 Å². The molecule has 0 bridgehead atoms. The second-order valence-corrected chi connectivity index (χ2v) is 6.40. The summed E-state index contributed by atoms with van der Waals surface area (Å²) in [6.07, 6.45) is -4.13. The molecule has 170 valence electrons. The van der Waals surface area contributed by atoms with Crippen LogP contribution in [0.1, 0.15) is 16.7 Å². The molecule has 0 aliphatic heterocycles. The third-order valence-corrected chi connectivity index (χ3v) is 4.52. The first-order valence-electron chi connectivity index (χ1n) is 9.33. The number of hydrogen-bond acceptors (Lipinski definition) is 4. The molecule has 31 heavy (non-hydrogen) atoms. The van der Waals surface area contributed by atoms with E-state index in [4.69, 9.17) is 14.2 Å². The fraction of sp³-hybridized carbons (Fsp3) is 0.381. The lowest BCUT2D eigenvalue weighted by Gasteiger charge is -2.17. The molecule has 0 aliphatic rings. The second kappa shape index (κ2) is 10.7. The van der Waals surface area contributed by atoms with Crippen LogP contribution in [0.5, 0.6) is 17.2 Å². The summed E-state index contributed by atoms with van der Waals surface area (Å²) in [6, 6.07) is 6.18. The summed E-state index contributed by atoms with van der Waals surface area (Å²) in [5, 5.41) is 5.84. The summed E-state index contributed by atoms with van der Waals surface area (Å²) in [6.45, 7) is 0.246. The molecule has 0 saturated carbocycles. The Bertz CT molecular complexity index is 917. The summed E-state index contributed by atoms with van der Waals surface area (Å²) in [5.41, 5.74) is -0.259. The fourth-order valence-electron chi connectivity index (χ4n) is 3.04. The molecule has 2 aromatic rings. The molecule has 0 radical (unpaired) electrons. The molecule has 0 aromatic heterocycles. The molecule has 10 heteroatoms. The van der Waals surface area contributed by atoms with E-state index in [0.717, 1.165) is 17.7 Å². The van der Waals surface area contributed by atoms with Crippen LogP contribution in [0.25, 0.3) is 0 Å². The van der Waals surface area contributed by atoms with E-state index in [2.05, 4.69) is 15.6 Å². The summed E-state index contributed by atoms with van der Waals surface area (Å²) < 4.78 is 68.7. The average Bonchev–Trinajstić information content (AvgIpc) is 2.75. The molecule has 0 aliphatic carbocycles. The highest BCUT2D eigenvalue weighted by atomic mass is 19.4. The number of nitrogens with zero attached hydrogens (tertiary/aromatic N) is 1. The van der Waals surface area contributed by atoms with E-state index in [-0.39, 0.29) is 12.1 Å². The Balaban J connectivity index is 2.02. The minimum absolute atomic E-state index is 0.0848. The van der Waals surface area contributed by atoms with Gasteiger partial charge in [0.2, 0.25) is 5.75 Å². The van der Waals surface area contributed by atoms with Crippen LogP contribution in [-0.4, -0.2) is 40.9 Å². The van der Waals surface area contributed by atoms with Crippen molar-refractivity contribution in [2.24, 2.45) is 4.99 Å². The van der Waals surface area contributed by atoms with Crippen molar-refractivity contribution >= 4 is 5.96 Å². The van der Waals surface area contributed by atoms with Gasteiger partial charge in [-0.1, -0.05) is 12.1 Å². The Hall–Kier alpha value is -3.17. The van der Waals surface area contributed by atoms with Gasteiger partial charge >= 0.3 is 6.18 Å². The Labute approximate surface area is 178 Å². The minimum atomic E-state index is -4.65. The van der Waals surface area contributed by atoms with E-state index in [1.807, 2.05) is 6.07 Å². The van der Waals surface area contributed by atoms with Gasteiger partial charge in [-0.05, 0) is 30.2 Å². The molecule has 0 unspecified atom stereocenters. The third-order valence-electron chi connectivity index (χ3n) is 4.52. The van der Waals surface area contributed by atoms with E-state index in [9.17, 15) is 17.6 Å². The van der Waals surface area contributed by atoms with Gasteiger partial charge < -0.3 is 24.8 Å². The van der Waals surface area contributed by atoms with Crippen LogP contribution in [0.3, 0.4) is 0 Å². The zero-order valence-electron chi connectivity index (χ0n) is 17.7. The first kappa shape index (κ1) is 24.1. The number of rotatable bonds is 8. The lowest BCUT2D eigenvalue weighted by molar-refractivity contribution is -0.138. The number of ether oxygens (including phenoxy) is 3. The standard InChI is InChI=1S/C21H25F4N3O3/c1-26-20(28-12-14-5-7-15(22)11-16(14)21(23,24)25)27-10-9-13-6-8-17(29-2)19(31-4)18(13)30-3/h5-8,11H,9-10,12H2,1-4H3,(H2,26,27,28). The van der Waals surface area contributed by atoms with Crippen LogP contribution in [-0.2, 0) is 19.1 Å². The van der Waals surface area contributed by atoms with Crippen LogP contribution >= 0.6 is 0 Å². The van der Waals surface area contributed by atoms with Gasteiger partial charge in [-0.15, -0.1) is 0 Å². The Morgan fingerprint density at radius 2 is 1.61 bits per heavy atom. The molecule has 0 heterocycles. The second-order valence-electron chi connectivity index (χ2n) is 6.40. The quantitative estimate of drug-likeness (QED) is 0.369. The highest BCUT2D eigenvalue weighted by Crippen LogP contribution is 2.39. The maximum absolute atomic E-state index is 13.3. The number of halogens is 4. The van der Waals surface area contributed by atoms with Gasteiger partial charge in [-0.25, -0.2) is 4.39 Å². The van der Waals surface area contributed by atoms with Crippen LogP contribution < -0.4 is 24.8 Å². The first-order chi connectivity index (χ1) is 14.7. The Morgan fingerprint density at radius 1 is 0.935 bits per heavy atom. The number of methoxy groups -OCH3 is 3. The highest BCUT2D eigenvalue weighted by molar-refractivity contribution is 5.79. The van der Waals surface area contributed by atoms with Gasteiger partial charge in [0.05, 0.1) is 26.9 Å². The molecular weight excluding hydrogens is 418 g/mol. The van der Waals surface area contributed by atoms with Crippen molar-refractivity contribution in [2.75, 3.05) is 34.9 Å². The molecule has 0 saturated heterocycles. The largest absolute Gasteiger partial charge is 0.493 e. The van der Waals surface area contributed by atoms with Crippen LogP contribution in [0.2, 0.25) is 0 Å². The van der Waals surface area contributed by atoms with Gasteiger partial charge in [0.15, 0.2) is 17.5 Å². The van der Waals surface area contributed by atoms with Crippen molar-refractivity contribution in [3.05, 3.63) is 52.8 Å². The third kappa shape index (κ3) is 6.16. The Morgan fingerprint density at radius 3 is 2.19 bits per heavy atom. The van der Waals surface area contributed by atoms with Crippen molar-refractivity contribution in [3.8, 4) is 17.2 Å². The maximum atomic E-state index is 13.3. The first-order valence-corrected chi connectivity index (χ1v) is 9.33. The zero-order valence-corrected chi connectivity index (χ0v) is 17.7. The van der Waals surface area contributed by atoms with E-state index in [1.165, 1.54) is 28.4 Å². The van der Waals surface area contributed by atoms with Crippen molar-refractivity contribution in [1.82, 2.24) is 10.6 Å². The molecule has 0 amide bonds. The van der Waals surface area contributed by atoms with Gasteiger partial charge in [0, 0.05) is 25.7 Å². The molecule has 2 N–H and O–H groups in total. The van der Waals surface area contributed by atoms with Gasteiger partial charge in [0.1, 0.15) is 5.82 Å². The highest BCUT2D eigenvalue weighted by Gasteiger charge is 2.33. The molecule has 0 fully saturated rings. The van der Waals surface area contributed by atoms with Crippen molar-refractivity contribution < 1.29 is 31.8 Å². The normalized spacial score (nSPS) is 11.8. The number of aliphatic imine (C=N–C) groups is 1. The van der Waals surface area contributed by atoms with Crippen LogP contribution in [0.15, 0.2) is 35.3 Å². The van der Waals surface area contributed by atoms with Gasteiger partial charge in [0.25, 0.3) is 0 Å². The molecule has 0 spiro atoms. The predicted octanol–water partition coefficient (Wildman–Crippen LogP) is 3.78. The summed E-state index contributed by atoms with van der Waals surface area (Å²) in [4.78, 5) is 4.01. The maximum Gasteiger partial charge on any atom is 0.416 e. The molecule has 6 nitrogen and oxygen atoms in total. The average molecular weight is 443 g/mol. The summed E-state index contributed by atoms with van der Waals surface area (Å²) in [7, 11) is 6.07. The van der Waals surface area contributed by atoms with E-state index in [0.29, 0.717) is 42.2 Å². The summed E-state index contributed by atoms with van der Waals surface area (Å²) in [5.74, 6) is 0.904. The van der Waals surface area contributed by atoms with Crippen LogP contribution in [0.4, 0.5) is 17.6 Å². The number of alkyl halides is 3.